The lowest BCUT2D eigenvalue weighted by molar-refractivity contribution is -0.512. The quantitative estimate of drug-likeness (QED) is 0.292. The lowest BCUT2D eigenvalue weighted by Crippen LogP contribution is -1.99. The third kappa shape index (κ3) is 11.9. The minimum atomic E-state index is 0.594. The molecule has 0 radical (unpaired) electrons. The summed E-state index contributed by atoms with van der Waals surface area (Å²) in [4.78, 5) is 9.53. The van der Waals surface area contributed by atoms with Crippen molar-refractivity contribution in [2.24, 2.45) is 0 Å². The van der Waals surface area contributed by atoms with Crippen LogP contribution >= 0.6 is 0 Å². The average molecular weight is 204 g/mol. The van der Waals surface area contributed by atoms with Crippen LogP contribution in [-0.4, -0.2) is 13.2 Å². The second-order valence-electron chi connectivity index (χ2n) is 3.48. The van der Waals surface area contributed by atoms with Crippen molar-refractivity contribution >= 4 is 0 Å². The highest BCUT2D eigenvalue weighted by Crippen LogP contribution is 2.04. The van der Waals surface area contributed by atoms with Gasteiger partial charge in [-0.05, 0) is 12.8 Å². The first-order valence-electron chi connectivity index (χ1n) is 5.82. The standard InChI is InChI=1S/C11H24O3/c1-3-5-6-7-8-9-11-13-14-12-10-4-2/h3-11H2,1-2H3. The number of unbranched alkanes of at least 4 members (excludes halogenated alkanes) is 5. The van der Waals surface area contributed by atoms with Gasteiger partial charge < -0.3 is 0 Å². The first-order chi connectivity index (χ1) is 6.91. The predicted molar refractivity (Wildman–Crippen MR) is 56.7 cm³/mol. The third-order valence-electron chi connectivity index (χ3n) is 1.96. The van der Waals surface area contributed by atoms with E-state index in [4.69, 9.17) is 9.78 Å². The molecule has 0 aliphatic rings. The number of hydrogen-bond acceptors (Lipinski definition) is 3. The Balaban J connectivity index is 2.78. The Hall–Kier alpha value is -0.120. The summed E-state index contributed by atoms with van der Waals surface area (Å²) in [6.07, 6.45) is 8.49. The van der Waals surface area contributed by atoms with Gasteiger partial charge in [0.15, 0.2) is 0 Å². The maximum absolute atomic E-state index is 4.82. The molecule has 0 fully saturated rings. The summed E-state index contributed by atoms with van der Waals surface area (Å²) in [5.41, 5.74) is 0. The van der Waals surface area contributed by atoms with Crippen molar-refractivity contribution in [1.82, 2.24) is 0 Å². The zero-order valence-corrected chi connectivity index (χ0v) is 9.59. The molecular formula is C11H24O3. The average Bonchev–Trinajstić information content (AvgIpc) is 2.21. The monoisotopic (exact) mass is 204 g/mol. The molecule has 0 unspecified atom stereocenters. The van der Waals surface area contributed by atoms with E-state index in [0.29, 0.717) is 13.2 Å². The number of hydrogen-bond donors (Lipinski definition) is 0. The van der Waals surface area contributed by atoms with Gasteiger partial charge in [0.05, 0.1) is 13.2 Å². The molecule has 0 spiro atoms. The zero-order valence-electron chi connectivity index (χ0n) is 9.59. The largest absolute Gasteiger partial charge is 0.206 e. The van der Waals surface area contributed by atoms with Crippen molar-refractivity contribution in [3.8, 4) is 0 Å². The van der Waals surface area contributed by atoms with Crippen LogP contribution in [0.25, 0.3) is 0 Å². The summed E-state index contributed by atoms with van der Waals surface area (Å²) in [6.45, 7) is 5.48. The highest BCUT2D eigenvalue weighted by atomic mass is 17.5. The predicted octanol–water partition coefficient (Wildman–Crippen LogP) is 3.64. The Kier molecular flexibility index (Phi) is 12.8. The fourth-order valence-electron chi connectivity index (χ4n) is 1.13. The lowest BCUT2D eigenvalue weighted by Gasteiger charge is -2.02. The van der Waals surface area contributed by atoms with Crippen LogP contribution in [0.15, 0.2) is 0 Å². The molecule has 0 aliphatic heterocycles. The van der Waals surface area contributed by atoms with Gasteiger partial charge in [0, 0.05) is 0 Å². The van der Waals surface area contributed by atoms with Crippen LogP contribution in [-0.2, 0) is 14.8 Å². The third-order valence-corrected chi connectivity index (χ3v) is 1.96. The first-order valence-corrected chi connectivity index (χ1v) is 5.82. The summed E-state index contributed by atoms with van der Waals surface area (Å²) >= 11 is 0. The fourth-order valence-corrected chi connectivity index (χ4v) is 1.13. The lowest BCUT2D eigenvalue weighted by atomic mass is 10.1. The Morgan fingerprint density at radius 1 is 0.643 bits per heavy atom. The van der Waals surface area contributed by atoms with Gasteiger partial charge in [-0.2, -0.15) is 0 Å². The molecule has 0 rings (SSSR count). The van der Waals surface area contributed by atoms with E-state index < -0.39 is 0 Å². The van der Waals surface area contributed by atoms with Crippen LogP contribution < -0.4 is 0 Å². The van der Waals surface area contributed by atoms with Crippen molar-refractivity contribution in [3.63, 3.8) is 0 Å². The summed E-state index contributed by atoms with van der Waals surface area (Å²) in [7, 11) is 0. The van der Waals surface area contributed by atoms with E-state index in [1.165, 1.54) is 32.1 Å². The van der Waals surface area contributed by atoms with E-state index in [0.717, 1.165) is 12.8 Å². The molecule has 0 atom stereocenters. The van der Waals surface area contributed by atoms with E-state index in [9.17, 15) is 0 Å². The molecule has 0 aromatic carbocycles. The van der Waals surface area contributed by atoms with Gasteiger partial charge in [-0.15, -0.1) is 0 Å². The highest BCUT2D eigenvalue weighted by Gasteiger charge is 1.91. The maximum Gasteiger partial charge on any atom is 0.0853 e. The van der Waals surface area contributed by atoms with Crippen LogP contribution in [0, 0.1) is 0 Å². The summed E-state index contributed by atoms with van der Waals surface area (Å²) in [5, 5.41) is 4.50. The molecular weight excluding hydrogens is 180 g/mol. The van der Waals surface area contributed by atoms with E-state index in [1.807, 2.05) is 6.92 Å². The first kappa shape index (κ1) is 13.9. The fraction of sp³-hybridized carbons (Fsp3) is 1.00. The molecule has 0 amide bonds. The minimum Gasteiger partial charge on any atom is -0.206 e. The highest BCUT2D eigenvalue weighted by molar-refractivity contribution is 4.42. The molecule has 3 heteroatoms. The van der Waals surface area contributed by atoms with Gasteiger partial charge in [-0.1, -0.05) is 51.0 Å². The van der Waals surface area contributed by atoms with Gasteiger partial charge in [0.1, 0.15) is 0 Å². The van der Waals surface area contributed by atoms with Gasteiger partial charge in [-0.25, -0.2) is 9.78 Å². The molecule has 0 saturated carbocycles. The molecule has 0 N–H and O–H groups in total. The van der Waals surface area contributed by atoms with Gasteiger partial charge in [0.2, 0.25) is 0 Å². The minimum absolute atomic E-state index is 0.594. The van der Waals surface area contributed by atoms with Crippen molar-refractivity contribution in [1.29, 1.82) is 0 Å². The van der Waals surface area contributed by atoms with Crippen molar-refractivity contribution in [2.45, 2.75) is 58.8 Å². The summed E-state index contributed by atoms with van der Waals surface area (Å²) in [5.74, 6) is 0. The van der Waals surface area contributed by atoms with Gasteiger partial charge in [-0.3, -0.25) is 0 Å². The van der Waals surface area contributed by atoms with Gasteiger partial charge in [0.25, 0.3) is 0 Å². The van der Waals surface area contributed by atoms with E-state index in [2.05, 4.69) is 12.0 Å². The molecule has 3 nitrogen and oxygen atoms in total. The van der Waals surface area contributed by atoms with E-state index in [1.54, 1.807) is 0 Å². The Morgan fingerprint density at radius 2 is 1.29 bits per heavy atom. The number of rotatable bonds is 11. The maximum atomic E-state index is 4.82. The molecule has 0 aromatic heterocycles. The molecule has 86 valence electrons. The summed E-state index contributed by atoms with van der Waals surface area (Å²) in [6, 6.07) is 0. The van der Waals surface area contributed by atoms with Crippen molar-refractivity contribution < 1.29 is 14.8 Å². The Bertz CT molecular complexity index is 84.5. The van der Waals surface area contributed by atoms with Crippen LogP contribution in [0.4, 0.5) is 0 Å². The smallest absolute Gasteiger partial charge is 0.0853 e. The molecule has 0 aliphatic carbocycles. The second kappa shape index (κ2) is 12.9. The molecule has 0 bridgehead atoms. The van der Waals surface area contributed by atoms with Crippen LogP contribution in [0.2, 0.25) is 0 Å². The molecule has 0 heterocycles. The Morgan fingerprint density at radius 3 is 2.00 bits per heavy atom. The molecule has 0 saturated heterocycles. The van der Waals surface area contributed by atoms with E-state index in [-0.39, 0.29) is 0 Å². The normalized spacial score (nSPS) is 10.7. The summed E-state index contributed by atoms with van der Waals surface area (Å²) < 4.78 is 0. The van der Waals surface area contributed by atoms with E-state index >= 15 is 0 Å². The molecule has 14 heavy (non-hydrogen) atoms. The zero-order chi connectivity index (χ0) is 10.5. The van der Waals surface area contributed by atoms with Crippen LogP contribution in [0.1, 0.15) is 58.8 Å². The Labute approximate surface area is 87.6 Å². The van der Waals surface area contributed by atoms with Crippen molar-refractivity contribution in [3.05, 3.63) is 0 Å². The van der Waals surface area contributed by atoms with Gasteiger partial charge >= 0.3 is 0 Å². The topological polar surface area (TPSA) is 27.7 Å². The van der Waals surface area contributed by atoms with Crippen LogP contribution in [0.5, 0.6) is 0 Å². The molecule has 0 aromatic rings. The van der Waals surface area contributed by atoms with Crippen molar-refractivity contribution in [2.75, 3.05) is 13.2 Å². The second-order valence-corrected chi connectivity index (χ2v) is 3.48. The SMILES string of the molecule is CCCCCCCCOOOCCC. The van der Waals surface area contributed by atoms with Crippen LogP contribution in [0.3, 0.4) is 0 Å².